The van der Waals surface area contributed by atoms with Crippen LogP contribution in [0.3, 0.4) is 0 Å². The fraction of sp³-hybridized carbons (Fsp3) is 0.0667. The molecule has 0 atom stereocenters. The zero-order valence-electron chi connectivity index (χ0n) is 10.7. The van der Waals surface area contributed by atoms with Gasteiger partial charge < -0.3 is 14.4 Å². The van der Waals surface area contributed by atoms with Crippen molar-refractivity contribution in [3.05, 3.63) is 48.4 Å². The van der Waals surface area contributed by atoms with Crippen LogP contribution in [0.5, 0.6) is 11.5 Å². The van der Waals surface area contributed by atoms with Crippen molar-refractivity contribution >= 4 is 10.9 Å². The summed E-state index contributed by atoms with van der Waals surface area (Å²) in [7, 11) is 1.61. The molecule has 0 aliphatic rings. The number of nitrogens with zero attached hydrogens (tertiary/aromatic N) is 3. The van der Waals surface area contributed by atoms with Gasteiger partial charge in [-0.3, -0.25) is 0 Å². The first-order valence-corrected chi connectivity index (χ1v) is 5.98. The van der Waals surface area contributed by atoms with E-state index in [4.69, 9.17) is 4.74 Å². The molecule has 2 heterocycles. The Kier molecular flexibility index (Phi) is 2.77. The first-order valence-electron chi connectivity index (χ1n) is 5.98. The molecule has 0 saturated heterocycles. The highest BCUT2D eigenvalue weighted by molar-refractivity contribution is 5.90. The number of aromatic nitrogens is 2. The monoisotopic (exact) mass is 265 g/mol. The smallest absolute Gasteiger partial charge is 0.165 e. The molecular formula is C15H11N3O2. The van der Waals surface area contributed by atoms with Crippen molar-refractivity contribution in [2.75, 3.05) is 7.11 Å². The lowest BCUT2D eigenvalue weighted by atomic mass is 10.2. The van der Waals surface area contributed by atoms with Gasteiger partial charge >= 0.3 is 0 Å². The summed E-state index contributed by atoms with van der Waals surface area (Å²) in [4.78, 5) is 3.96. The summed E-state index contributed by atoms with van der Waals surface area (Å²) in [6.07, 6.45) is 3.09. The number of rotatable bonds is 2. The van der Waals surface area contributed by atoms with Crippen LogP contribution in [-0.2, 0) is 0 Å². The second-order valence-electron chi connectivity index (χ2n) is 4.25. The molecule has 20 heavy (non-hydrogen) atoms. The molecule has 0 bridgehead atoms. The predicted octanol–water partition coefficient (Wildman–Crippen LogP) is 2.61. The van der Waals surface area contributed by atoms with Gasteiger partial charge in [0.05, 0.1) is 18.8 Å². The average Bonchev–Trinajstić information content (AvgIpc) is 2.94. The molecule has 0 saturated carbocycles. The van der Waals surface area contributed by atoms with Gasteiger partial charge in [0, 0.05) is 17.3 Å². The van der Waals surface area contributed by atoms with Crippen molar-refractivity contribution in [3.8, 4) is 23.3 Å². The Labute approximate surface area is 115 Å². The SMILES string of the molecule is COc1ccc(-n2ccc3c(O)cnc(C#N)c32)cc1. The Balaban J connectivity index is 2.26. The Morgan fingerprint density at radius 2 is 2.00 bits per heavy atom. The molecular weight excluding hydrogens is 254 g/mol. The summed E-state index contributed by atoms with van der Waals surface area (Å²) in [5.41, 5.74) is 1.74. The number of methoxy groups -OCH3 is 1. The molecule has 5 heteroatoms. The van der Waals surface area contributed by atoms with E-state index >= 15 is 0 Å². The van der Waals surface area contributed by atoms with Crippen LogP contribution in [0.25, 0.3) is 16.6 Å². The Hall–Kier alpha value is -3.00. The van der Waals surface area contributed by atoms with Gasteiger partial charge in [0.25, 0.3) is 0 Å². The predicted molar refractivity (Wildman–Crippen MR) is 74.0 cm³/mol. The Morgan fingerprint density at radius 1 is 1.25 bits per heavy atom. The second kappa shape index (κ2) is 4.59. The summed E-state index contributed by atoms with van der Waals surface area (Å²) >= 11 is 0. The fourth-order valence-electron chi connectivity index (χ4n) is 2.18. The first-order chi connectivity index (χ1) is 9.74. The van der Waals surface area contributed by atoms with Gasteiger partial charge in [0.1, 0.15) is 17.6 Å². The fourth-order valence-corrected chi connectivity index (χ4v) is 2.18. The van der Waals surface area contributed by atoms with Crippen molar-refractivity contribution in [2.24, 2.45) is 0 Å². The van der Waals surface area contributed by atoms with Crippen molar-refractivity contribution in [1.29, 1.82) is 5.26 Å². The first kappa shape index (κ1) is 12.1. The molecule has 1 aromatic carbocycles. The van der Waals surface area contributed by atoms with Gasteiger partial charge in [-0.05, 0) is 30.3 Å². The molecule has 3 aromatic rings. The minimum atomic E-state index is 0.0614. The number of aromatic hydroxyl groups is 1. The van der Waals surface area contributed by atoms with Crippen LogP contribution in [0.1, 0.15) is 5.69 Å². The van der Waals surface area contributed by atoms with Crippen molar-refractivity contribution in [2.45, 2.75) is 0 Å². The zero-order valence-corrected chi connectivity index (χ0v) is 10.7. The number of pyridine rings is 1. The number of hydrogen-bond donors (Lipinski definition) is 1. The van der Waals surface area contributed by atoms with E-state index in [1.807, 2.05) is 34.9 Å². The van der Waals surface area contributed by atoms with E-state index in [0.29, 0.717) is 10.9 Å². The maximum Gasteiger partial charge on any atom is 0.165 e. The molecule has 3 rings (SSSR count). The van der Waals surface area contributed by atoms with E-state index in [1.54, 1.807) is 19.4 Å². The molecule has 0 spiro atoms. The van der Waals surface area contributed by atoms with Gasteiger partial charge in [0.2, 0.25) is 0 Å². The van der Waals surface area contributed by atoms with Gasteiger partial charge in [-0.15, -0.1) is 0 Å². The topological polar surface area (TPSA) is 71.1 Å². The summed E-state index contributed by atoms with van der Waals surface area (Å²) in [6, 6.07) is 11.2. The van der Waals surface area contributed by atoms with Crippen LogP contribution in [0.15, 0.2) is 42.7 Å². The highest BCUT2D eigenvalue weighted by atomic mass is 16.5. The van der Waals surface area contributed by atoms with Crippen LogP contribution in [-0.4, -0.2) is 21.8 Å². The highest BCUT2D eigenvalue weighted by Gasteiger charge is 2.12. The quantitative estimate of drug-likeness (QED) is 0.773. The van der Waals surface area contributed by atoms with Crippen molar-refractivity contribution in [1.82, 2.24) is 9.55 Å². The Bertz CT molecular complexity index is 813. The van der Waals surface area contributed by atoms with Crippen molar-refractivity contribution in [3.63, 3.8) is 0 Å². The van der Waals surface area contributed by atoms with Crippen LogP contribution in [0, 0.1) is 11.3 Å². The number of hydrogen-bond acceptors (Lipinski definition) is 4. The summed E-state index contributed by atoms with van der Waals surface area (Å²) in [5.74, 6) is 0.818. The molecule has 0 unspecified atom stereocenters. The standard InChI is InChI=1S/C15H11N3O2/c1-20-11-4-2-10(3-5-11)18-7-6-12-14(19)9-17-13(8-16)15(12)18/h2-7,9,19H,1H3. The van der Waals surface area contributed by atoms with Gasteiger partial charge in [-0.25, -0.2) is 4.98 Å². The minimum Gasteiger partial charge on any atom is -0.506 e. The van der Waals surface area contributed by atoms with E-state index in [-0.39, 0.29) is 11.4 Å². The normalized spacial score (nSPS) is 10.4. The summed E-state index contributed by atoms with van der Waals surface area (Å²) < 4.78 is 6.94. The molecule has 0 amide bonds. The highest BCUT2D eigenvalue weighted by Crippen LogP contribution is 2.29. The largest absolute Gasteiger partial charge is 0.506 e. The molecule has 0 aliphatic carbocycles. The van der Waals surface area contributed by atoms with Crippen LogP contribution >= 0.6 is 0 Å². The minimum absolute atomic E-state index is 0.0614. The number of fused-ring (bicyclic) bond motifs is 1. The lowest BCUT2D eigenvalue weighted by Gasteiger charge is -2.07. The third-order valence-electron chi connectivity index (χ3n) is 3.16. The summed E-state index contributed by atoms with van der Waals surface area (Å²) in [6.45, 7) is 0. The third-order valence-corrected chi connectivity index (χ3v) is 3.16. The molecule has 0 aliphatic heterocycles. The van der Waals surface area contributed by atoms with Crippen LogP contribution < -0.4 is 4.74 Å². The molecule has 0 radical (unpaired) electrons. The molecule has 0 fully saturated rings. The average molecular weight is 265 g/mol. The molecule has 5 nitrogen and oxygen atoms in total. The van der Waals surface area contributed by atoms with Gasteiger partial charge in [-0.2, -0.15) is 5.26 Å². The molecule has 2 aromatic heterocycles. The third kappa shape index (κ3) is 1.75. The number of ether oxygens (including phenoxy) is 1. The van der Waals surface area contributed by atoms with E-state index in [9.17, 15) is 10.4 Å². The Morgan fingerprint density at radius 3 is 2.65 bits per heavy atom. The van der Waals surface area contributed by atoms with E-state index in [2.05, 4.69) is 4.98 Å². The molecule has 98 valence electrons. The van der Waals surface area contributed by atoms with Crippen LogP contribution in [0.4, 0.5) is 0 Å². The van der Waals surface area contributed by atoms with Crippen molar-refractivity contribution < 1.29 is 9.84 Å². The second-order valence-corrected chi connectivity index (χ2v) is 4.25. The zero-order chi connectivity index (χ0) is 14.1. The van der Waals surface area contributed by atoms with E-state index in [0.717, 1.165) is 11.4 Å². The summed E-state index contributed by atoms with van der Waals surface area (Å²) in [5, 5.41) is 19.6. The van der Waals surface area contributed by atoms with Gasteiger partial charge in [-0.1, -0.05) is 0 Å². The maximum absolute atomic E-state index is 9.83. The van der Waals surface area contributed by atoms with E-state index < -0.39 is 0 Å². The molecule has 1 N–H and O–H groups in total. The number of nitriles is 1. The van der Waals surface area contributed by atoms with Gasteiger partial charge in [0.15, 0.2) is 5.69 Å². The number of benzene rings is 1. The lowest BCUT2D eigenvalue weighted by molar-refractivity contribution is 0.415. The van der Waals surface area contributed by atoms with Crippen LogP contribution in [0.2, 0.25) is 0 Å². The lowest BCUT2D eigenvalue weighted by Crippen LogP contribution is -1.95. The maximum atomic E-state index is 9.83. The van der Waals surface area contributed by atoms with E-state index in [1.165, 1.54) is 6.20 Å².